The minimum atomic E-state index is -2.22. The average Bonchev–Trinajstić information content (AvgIpc) is 3.04. The lowest BCUT2D eigenvalue weighted by Gasteiger charge is -2.40. The van der Waals surface area contributed by atoms with E-state index in [1.54, 1.807) is 0 Å². The topological polar surface area (TPSA) is 54.0 Å². The molecule has 0 N–H and O–H groups in total. The highest BCUT2D eigenvalue weighted by Crippen LogP contribution is 2.40. The number of rotatable bonds is 8. The first-order chi connectivity index (χ1) is 17.1. The molecule has 2 aromatic carbocycles. The lowest BCUT2D eigenvalue weighted by molar-refractivity contribution is -0.144. The van der Waals surface area contributed by atoms with Crippen LogP contribution in [0.3, 0.4) is 0 Å². The van der Waals surface area contributed by atoms with Gasteiger partial charge in [-0.3, -0.25) is 4.79 Å². The summed E-state index contributed by atoms with van der Waals surface area (Å²) in [6.07, 6.45) is 3.53. The van der Waals surface area contributed by atoms with Crippen LogP contribution in [-0.2, 0) is 23.3 Å². The maximum absolute atomic E-state index is 13.2. The predicted octanol–water partition coefficient (Wildman–Crippen LogP) is 6.35. The van der Waals surface area contributed by atoms with Gasteiger partial charge in [0.1, 0.15) is 5.92 Å². The SMILES string of the molecule is COC(=O)[C@@H](c1ccc(B2OC(C)(C)C(C)(C)O2)cc1)[C@@H](/C=C/c1ccccc1)O[Si](C)(C)C(C)(C)C. The second-order valence-corrected chi connectivity index (χ2v) is 17.1. The predicted molar refractivity (Wildman–Crippen MR) is 154 cm³/mol. The van der Waals surface area contributed by atoms with E-state index in [0.29, 0.717) is 0 Å². The third kappa shape index (κ3) is 6.64. The molecule has 2 aromatic rings. The third-order valence-corrected chi connectivity index (χ3v) is 12.6. The largest absolute Gasteiger partial charge is 0.494 e. The summed E-state index contributed by atoms with van der Waals surface area (Å²) in [5.41, 5.74) is 1.94. The van der Waals surface area contributed by atoms with Crippen LogP contribution in [0.5, 0.6) is 0 Å². The highest BCUT2D eigenvalue weighted by molar-refractivity contribution is 6.74. The van der Waals surface area contributed by atoms with Crippen molar-refractivity contribution in [3.63, 3.8) is 0 Å². The van der Waals surface area contributed by atoms with Gasteiger partial charge in [-0.25, -0.2) is 0 Å². The zero-order chi connectivity index (χ0) is 27.6. The maximum atomic E-state index is 13.2. The Hall–Kier alpha value is -2.19. The Morgan fingerprint density at radius 2 is 1.49 bits per heavy atom. The molecule has 0 aromatic heterocycles. The van der Waals surface area contributed by atoms with Crippen LogP contribution in [-0.4, -0.2) is 45.8 Å². The van der Waals surface area contributed by atoms with Crippen LogP contribution in [0.4, 0.5) is 0 Å². The molecule has 7 heteroatoms. The molecule has 0 saturated carbocycles. The Morgan fingerprint density at radius 1 is 0.946 bits per heavy atom. The van der Waals surface area contributed by atoms with Gasteiger partial charge in [0.25, 0.3) is 0 Å². The molecular weight excluding hydrogens is 479 g/mol. The summed E-state index contributed by atoms with van der Waals surface area (Å²) in [6.45, 7) is 19.1. The molecule has 37 heavy (non-hydrogen) atoms. The van der Waals surface area contributed by atoms with Gasteiger partial charge in [-0.1, -0.05) is 87.5 Å². The van der Waals surface area contributed by atoms with Gasteiger partial charge in [-0.15, -0.1) is 0 Å². The molecule has 5 nitrogen and oxygen atoms in total. The number of ether oxygens (including phenoxy) is 1. The van der Waals surface area contributed by atoms with Crippen molar-refractivity contribution in [2.24, 2.45) is 0 Å². The molecule has 1 heterocycles. The van der Waals surface area contributed by atoms with Crippen LogP contribution in [0.25, 0.3) is 6.08 Å². The van der Waals surface area contributed by atoms with Crippen LogP contribution in [0.2, 0.25) is 18.1 Å². The van der Waals surface area contributed by atoms with Crippen molar-refractivity contribution < 1.29 is 23.3 Å². The number of esters is 1. The van der Waals surface area contributed by atoms with Gasteiger partial charge >= 0.3 is 13.1 Å². The third-order valence-electron chi connectivity index (χ3n) is 8.12. The molecule has 0 spiro atoms. The van der Waals surface area contributed by atoms with E-state index >= 15 is 0 Å². The van der Waals surface area contributed by atoms with Crippen molar-refractivity contribution in [3.8, 4) is 0 Å². The molecule has 3 rings (SSSR count). The minimum absolute atomic E-state index is 0.0207. The first kappa shape index (κ1) is 29.4. The molecule has 0 bridgehead atoms. The number of carbonyl (C=O) groups is 1. The number of carbonyl (C=O) groups excluding carboxylic acids is 1. The summed E-state index contributed by atoms with van der Waals surface area (Å²) in [4.78, 5) is 13.2. The Balaban J connectivity index is 1.98. The zero-order valence-electron chi connectivity index (χ0n) is 24.1. The summed E-state index contributed by atoms with van der Waals surface area (Å²) in [6, 6.07) is 17.9. The molecule has 2 atom stereocenters. The van der Waals surface area contributed by atoms with Crippen LogP contribution >= 0.6 is 0 Å². The molecule has 1 aliphatic heterocycles. The number of methoxy groups -OCH3 is 1. The average molecular weight is 523 g/mol. The Bertz CT molecular complexity index is 1070. The number of hydrogen-bond acceptors (Lipinski definition) is 5. The van der Waals surface area contributed by atoms with Crippen molar-refractivity contribution in [1.82, 2.24) is 0 Å². The molecule has 1 saturated heterocycles. The van der Waals surface area contributed by atoms with Crippen molar-refractivity contribution in [2.75, 3.05) is 7.11 Å². The summed E-state index contributed by atoms with van der Waals surface area (Å²) in [7, 11) is -1.26. The highest BCUT2D eigenvalue weighted by Gasteiger charge is 2.51. The number of benzene rings is 2. The van der Waals surface area contributed by atoms with Gasteiger partial charge in [0.2, 0.25) is 0 Å². The van der Waals surface area contributed by atoms with Crippen LogP contribution in [0.15, 0.2) is 60.7 Å². The number of hydrogen-bond donors (Lipinski definition) is 0. The maximum Gasteiger partial charge on any atom is 0.494 e. The summed E-state index contributed by atoms with van der Waals surface area (Å²) in [5.74, 6) is -0.948. The summed E-state index contributed by atoms with van der Waals surface area (Å²) >= 11 is 0. The Kier molecular flexibility index (Phi) is 8.65. The van der Waals surface area contributed by atoms with E-state index in [2.05, 4.69) is 33.9 Å². The van der Waals surface area contributed by atoms with Crippen molar-refractivity contribution >= 4 is 32.9 Å². The highest BCUT2D eigenvalue weighted by atomic mass is 28.4. The van der Waals surface area contributed by atoms with E-state index in [9.17, 15) is 4.79 Å². The van der Waals surface area contributed by atoms with Crippen LogP contribution in [0, 0.1) is 0 Å². The van der Waals surface area contributed by atoms with E-state index in [0.717, 1.165) is 16.6 Å². The van der Waals surface area contributed by atoms with Crippen molar-refractivity contribution in [3.05, 3.63) is 71.8 Å². The van der Waals surface area contributed by atoms with E-state index < -0.39 is 38.7 Å². The van der Waals surface area contributed by atoms with Crippen molar-refractivity contribution in [1.29, 1.82) is 0 Å². The Labute approximate surface area is 224 Å². The van der Waals surface area contributed by atoms with E-state index in [4.69, 9.17) is 18.5 Å². The Morgan fingerprint density at radius 3 is 1.97 bits per heavy atom. The van der Waals surface area contributed by atoms with E-state index in [-0.39, 0.29) is 11.0 Å². The van der Waals surface area contributed by atoms with Gasteiger partial charge in [-0.2, -0.15) is 0 Å². The van der Waals surface area contributed by atoms with Gasteiger partial charge in [0.05, 0.1) is 24.4 Å². The molecule has 0 amide bonds. The van der Waals surface area contributed by atoms with Gasteiger partial charge in [-0.05, 0) is 62.4 Å². The van der Waals surface area contributed by atoms with Gasteiger partial charge in [0, 0.05) is 0 Å². The molecule has 0 aliphatic carbocycles. The van der Waals surface area contributed by atoms with Crippen molar-refractivity contribution in [2.45, 2.75) is 89.8 Å². The fraction of sp³-hybridized carbons (Fsp3) is 0.500. The van der Waals surface area contributed by atoms with Crippen LogP contribution < -0.4 is 5.46 Å². The molecule has 0 radical (unpaired) electrons. The fourth-order valence-electron chi connectivity index (χ4n) is 3.93. The molecule has 200 valence electrons. The summed E-state index contributed by atoms with van der Waals surface area (Å²) < 4.78 is 24.6. The standard InChI is InChI=1S/C30H43BO5Si/c1-28(2,3)37(9,10)34-25(21-16-22-14-12-11-13-15-22)26(27(32)33-8)23-17-19-24(20-18-23)31-35-29(4,5)30(6,7)36-31/h11-21,25-26H,1-10H3/b21-16+/t25-,26+/m1/s1. The second-order valence-electron chi connectivity index (χ2n) is 12.4. The second kappa shape index (κ2) is 10.9. The summed E-state index contributed by atoms with van der Waals surface area (Å²) in [5, 5.41) is -0.0207. The van der Waals surface area contributed by atoms with E-state index in [1.807, 2.05) is 94.4 Å². The van der Waals surface area contributed by atoms with Gasteiger partial charge < -0.3 is 18.5 Å². The molecular formula is C30H43BO5Si. The first-order valence-corrected chi connectivity index (χ1v) is 15.9. The monoisotopic (exact) mass is 522 g/mol. The normalized spacial score (nSPS) is 19.1. The molecule has 1 aliphatic rings. The van der Waals surface area contributed by atoms with E-state index in [1.165, 1.54) is 7.11 Å². The van der Waals surface area contributed by atoms with Crippen LogP contribution in [0.1, 0.15) is 65.5 Å². The smallest absolute Gasteiger partial charge is 0.468 e. The fourth-order valence-corrected chi connectivity index (χ4v) is 5.18. The quantitative estimate of drug-likeness (QED) is 0.299. The van der Waals surface area contributed by atoms with Gasteiger partial charge in [0.15, 0.2) is 8.32 Å². The minimum Gasteiger partial charge on any atom is -0.468 e. The lowest BCUT2D eigenvalue weighted by Crippen LogP contribution is -2.46. The lowest BCUT2D eigenvalue weighted by atomic mass is 9.78. The molecule has 0 unspecified atom stereocenters. The zero-order valence-corrected chi connectivity index (χ0v) is 25.1. The first-order valence-electron chi connectivity index (χ1n) is 13.0. The molecule has 1 fully saturated rings.